The summed E-state index contributed by atoms with van der Waals surface area (Å²) in [4.78, 5) is -0.420. The van der Waals surface area contributed by atoms with Gasteiger partial charge in [-0.05, 0) is 31.0 Å². The molecule has 1 aromatic carbocycles. The molecular weight excluding hydrogens is 326 g/mol. The number of hydrogen-bond acceptors (Lipinski definition) is 4. The van der Waals surface area contributed by atoms with Gasteiger partial charge >= 0.3 is 0 Å². The molecule has 1 aliphatic rings. The van der Waals surface area contributed by atoms with Crippen LogP contribution in [0.15, 0.2) is 23.1 Å². The van der Waals surface area contributed by atoms with Crippen LogP contribution in [-0.4, -0.2) is 39.5 Å². The van der Waals surface area contributed by atoms with Gasteiger partial charge in [0.15, 0.2) is 11.6 Å². The minimum absolute atomic E-state index is 0.105. The number of rotatable bonds is 3. The molecular formula is C11H14F2N2O4S2. The van der Waals surface area contributed by atoms with Gasteiger partial charge in [-0.3, -0.25) is 0 Å². The molecule has 6 nitrogen and oxygen atoms in total. The van der Waals surface area contributed by atoms with E-state index < -0.39 is 41.8 Å². The maximum atomic E-state index is 13.2. The van der Waals surface area contributed by atoms with Crippen molar-refractivity contribution in [2.24, 2.45) is 5.14 Å². The molecule has 1 aliphatic heterocycles. The van der Waals surface area contributed by atoms with Crippen LogP contribution in [-0.2, 0) is 20.0 Å². The lowest BCUT2D eigenvalue weighted by Crippen LogP contribution is -2.46. The molecule has 0 saturated carbocycles. The molecule has 1 heterocycles. The molecule has 10 heteroatoms. The molecule has 0 spiro atoms. The molecule has 1 atom stereocenters. The Labute approximate surface area is 121 Å². The van der Waals surface area contributed by atoms with Gasteiger partial charge in [0.2, 0.25) is 20.0 Å². The molecule has 2 rings (SSSR count). The molecule has 1 saturated heterocycles. The maximum Gasteiger partial charge on any atom is 0.243 e. The number of nitrogens with two attached hydrogens (primary N) is 1. The van der Waals surface area contributed by atoms with Gasteiger partial charge in [0.1, 0.15) is 0 Å². The van der Waals surface area contributed by atoms with Gasteiger partial charge < -0.3 is 0 Å². The minimum atomic E-state index is -4.09. The van der Waals surface area contributed by atoms with Gasteiger partial charge in [-0.2, -0.15) is 4.31 Å². The predicted molar refractivity (Wildman–Crippen MR) is 71.2 cm³/mol. The van der Waals surface area contributed by atoms with Gasteiger partial charge in [-0.25, -0.2) is 30.8 Å². The number of sulfonamides is 2. The van der Waals surface area contributed by atoms with E-state index in [4.69, 9.17) is 5.14 Å². The number of benzene rings is 1. The highest BCUT2D eigenvalue weighted by molar-refractivity contribution is 7.90. The van der Waals surface area contributed by atoms with Crippen LogP contribution in [0.25, 0.3) is 0 Å². The molecule has 1 aromatic rings. The highest BCUT2D eigenvalue weighted by atomic mass is 32.2. The first-order chi connectivity index (χ1) is 9.62. The summed E-state index contributed by atoms with van der Waals surface area (Å²) in [5.74, 6) is -2.44. The van der Waals surface area contributed by atoms with E-state index in [9.17, 15) is 25.6 Å². The van der Waals surface area contributed by atoms with Crippen molar-refractivity contribution in [3.05, 3.63) is 29.8 Å². The lowest BCUT2D eigenvalue weighted by molar-refractivity contribution is 0.345. The number of halogens is 2. The predicted octanol–water partition coefficient (Wildman–Crippen LogP) is 0.406. The lowest BCUT2D eigenvalue weighted by atomic mass is 10.2. The van der Waals surface area contributed by atoms with Crippen molar-refractivity contribution in [2.75, 3.05) is 13.1 Å². The Balaban J connectivity index is 2.33. The van der Waals surface area contributed by atoms with Crippen molar-refractivity contribution in [1.82, 2.24) is 4.31 Å². The highest BCUT2D eigenvalue weighted by Gasteiger charge is 2.35. The number of piperidine rings is 1. The second-order valence-electron chi connectivity index (χ2n) is 4.79. The van der Waals surface area contributed by atoms with Crippen molar-refractivity contribution in [2.45, 2.75) is 23.0 Å². The summed E-state index contributed by atoms with van der Waals surface area (Å²) in [6.45, 7) is -0.187. The quantitative estimate of drug-likeness (QED) is 0.861. The van der Waals surface area contributed by atoms with Crippen LogP contribution in [0.1, 0.15) is 12.8 Å². The van der Waals surface area contributed by atoms with Crippen LogP contribution in [0.4, 0.5) is 8.78 Å². The molecule has 0 aliphatic carbocycles. The molecule has 0 amide bonds. The third-order valence-electron chi connectivity index (χ3n) is 3.33. The van der Waals surface area contributed by atoms with Gasteiger partial charge in [0.25, 0.3) is 0 Å². The Morgan fingerprint density at radius 2 is 1.81 bits per heavy atom. The van der Waals surface area contributed by atoms with Crippen molar-refractivity contribution >= 4 is 20.0 Å². The first-order valence-electron chi connectivity index (χ1n) is 6.09. The smallest absolute Gasteiger partial charge is 0.228 e. The van der Waals surface area contributed by atoms with Crippen molar-refractivity contribution in [3.63, 3.8) is 0 Å². The first-order valence-corrected chi connectivity index (χ1v) is 9.14. The summed E-state index contributed by atoms with van der Waals surface area (Å²) in [5.41, 5.74) is 0. The SMILES string of the molecule is NS(=O)(=O)C1CCCN(S(=O)(=O)c2ccc(F)c(F)c2)C1. The van der Waals surface area contributed by atoms with Crippen LogP contribution >= 0.6 is 0 Å². The Hall–Kier alpha value is -1.10. The number of primary sulfonamides is 1. The van der Waals surface area contributed by atoms with E-state index in [1.54, 1.807) is 0 Å². The Morgan fingerprint density at radius 1 is 1.14 bits per heavy atom. The Kier molecular flexibility index (Phi) is 4.34. The second-order valence-corrected chi connectivity index (χ2v) is 8.57. The average Bonchev–Trinajstić information content (AvgIpc) is 2.41. The van der Waals surface area contributed by atoms with Crippen LogP contribution < -0.4 is 5.14 Å². The number of nitrogens with zero attached hydrogens (tertiary/aromatic N) is 1. The van der Waals surface area contributed by atoms with E-state index in [1.165, 1.54) is 0 Å². The summed E-state index contributed by atoms with van der Waals surface area (Å²) in [5, 5.41) is 4.05. The summed E-state index contributed by atoms with van der Waals surface area (Å²) in [6, 6.07) is 2.23. The Morgan fingerprint density at radius 3 is 2.38 bits per heavy atom. The largest absolute Gasteiger partial charge is 0.243 e. The summed E-state index contributed by atoms with van der Waals surface area (Å²) in [6.07, 6.45) is 0.590. The van der Waals surface area contributed by atoms with Crippen LogP contribution in [0.3, 0.4) is 0 Å². The molecule has 0 radical (unpaired) electrons. The molecule has 2 N–H and O–H groups in total. The van der Waals surface area contributed by atoms with E-state index in [1.807, 2.05) is 0 Å². The van der Waals surface area contributed by atoms with E-state index >= 15 is 0 Å². The maximum absolute atomic E-state index is 13.2. The van der Waals surface area contributed by atoms with Gasteiger partial charge in [-0.15, -0.1) is 0 Å². The molecule has 118 valence electrons. The van der Waals surface area contributed by atoms with E-state index in [-0.39, 0.29) is 19.5 Å². The molecule has 0 bridgehead atoms. The monoisotopic (exact) mass is 340 g/mol. The lowest BCUT2D eigenvalue weighted by Gasteiger charge is -2.30. The van der Waals surface area contributed by atoms with Crippen LogP contribution in [0.5, 0.6) is 0 Å². The fourth-order valence-electron chi connectivity index (χ4n) is 2.18. The highest BCUT2D eigenvalue weighted by Crippen LogP contribution is 2.24. The second kappa shape index (κ2) is 5.59. The van der Waals surface area contributed by atoms with E-state index in [0.717, 1.165) is 10.4 Å². The zero-order valence-corrected chi connectivity index (χ0v) is 12.5. The molecule has 1 fully saturated rings. The third-order valence-corrected chi connectivity index (χ3v) is 6.51. The normalized spacial score (nSPS) is 21.4. The molecule has 1 unspecified atom stereocenters. The van der Waals surface area contributed by atoms with Crippen molar-refractivity contribution < 1.29 is 25.6 Å². The number of hydrogen-bond donors (Lipinski definition) is 1. The van der Waals surface area contributed by atoms with E-state index in [2.05, 4.69) is 0 Å². The molecule has 0 aromatic heterocycles. The third kappa shape index (κ3) is 3.39. The zero-order valence-electron chi connectivity index (χ0n) is 10.9. The first kappa shape index (κ1) is 16.3. The van der Waals surface area contributed by atoms with Crippen molar-refractivity contribution in [1.29, 1.82) is 0 Å². The van der Waals surface area contributed by atoms with Crippen LogP contribution in [0, 0.1) is 11.6 Å². The topological polar surface area (TPSA) is 97.5 Å². The average molecular weight is 340 g/mol. The summed E-state index contributed by atoms with van der Waals surface area (Å²) in [7, 11) is -7.94. The fraction of sp³-hybridized carbons (Fsp3) is 0.455. The minimum Gasteiger partial charge on any atom is -0.228 e. The van der Waals surface area contributed by atoms with Crippen molar-refractivity contribution in [3.8, 4) is 0 Å². The van der Waals surface area contributed by atoms with Crippen LogP contribution in [0.2, 0.25) is 0 Å². The van der Waals surface area contributed by atoms with Gasteiger partial charge in [0, 0.05) is 13.1 Å². The van der Waals surface area contributed by atoms with E-state index in [0.29, 0.717) is 18.6 Å². The van der Waals surface area contributed by atoms with Gasteiger partial charge in [0.05, 0.1) is 10.1 Å². The Bertz CT molecular complexity index is 749. The fourth-order valence-corrected chi connectivity index (χ4v) is 4.69. The standard InChI is InChI=1S/C11H14F2N2O4S2/c12-10-4-3-8(6-11(10)13)21(18,19)15-5-1-2-9(7-15)20(14,16)17/h3-4,6,9H,1-2,5,7H2,(H2,14,16,17). The zero-order chi connectivity index (χ0) is 15.8. The summed E-state index contributed by atoms with van der Waals surface area (Å²) >= 11 is 0. The molecule has 21 heavy (non-hydrogen) atoms. The van der Waals surface area contributed by atoms with Gasteiger partial charge in [-0.1, -0.05) is 0 Å². The summed E-state index contributed by atoms with van der Waals surface area (Å²) < 4.78 is 74.3.